The van der Waals surface area contributed by atoms with Crippen LogP contribution in [0.4, 0.5) is 10.1 Å². The minimum Gasteiger partial charge on any atom is -0.505 e. The molecule has 33 heavy (non-hydrogen) atoms. The van der Waals surface area contributed by atoms with Gasteiger partial charge in [0, 0.05) is 30.1 Å². The molecule has 1 aromatic heterocycles. The molecule has 0 bridgehead atoms. The predicted octanol–water partition coefficient (Wildman–Crippen LogP) is 5.50. The number of halogens is 3. The smallest absolute Gasteiger partial charge is 0.275 e. The van der Waals surface area contributed by atoms with E-state index in [4.69, 9.17) is 23.2 Å². The molecule has 0 atom stereocenters. The van der Waals surface area contributed by atoms with Crippen LogP contribution in [0.1, 0.15) is 39.8 Å². The molecule has 0 saturated carbocycles. The van der Waals surface area contributed by atoms with Crippen LogP contribution in [0.2, 0.25) is 10.0 Å². The van der Waals surface area contributed by atoms with Crippen molar-refractivity contribution in [3.63, 3.8) is 0 Å². The fraction of sp³-hybridized carbons (Fsp3) is 0.261. The Morgan fingerprint density at radius 3 is 2.42 bits per heavy atom. The fourth-order valence-corrected chi connectivity index (χ4v) is 5.14. The highest BCUT2D eigenvalue weighted by Gasteiger charge is 2.26. The third-order valence-corrected chi connectivity index (χ3v) is 7.08. The van der Waals surface area contributed by atoms with E-state index in [1.165, 1.54) is 35.6 Å². The first kappa shape index (κ1) is 23.5. The molecule has 1 aliphatic heterocycles. The number of hydrogen-bond acceptors (Lipinski definition) is 5. The minimum absolute atomic E-state index is 0.0190. The summed E-state index contributed by atoms with van der Waals surface area (Å²) in [6, 6.07) is 8.79. The van der Waals surface area contributed by atoms with Crippen molar-refractivity contribution in [2.45, 2.75) is 25.2 Å². The van der Waals surface area contributed by atoms with Crippen molar-refractivity contribution >= 4 is 52.0 Å². The van der Waals surface area contributed by atoms with E-state index in [0.29, 0.717) is 18.8 Å². The molecule has 4 rings (SSSR count). The molecule has 2 amide bonds. The quantitative estimate of drug-likeness (QED) is 0.447. The second-order valence-corrected chi connectivity index (χ2v) is 9.48. The van der Waals surface area contributed by atoms with E-state index in [0.717, 1.165) is 23.4 Å². The maximum Gasteiger partial charge on any atom is 0.275 e. The highest BCUT2D eigenvalue weighted by Crippen LogP contribution is 2.35. The van der Waals surface area contributed by atoms with E-state index in [1.54, 1.807) is 17.5 Å². The number of carbonyl (C=O) groups excluding carboxylic acids is 2. The Hall–Kier alpha value is -2.68. The summed E-state index contributed by atoms with van der Waals surface area (Å²) in [6.45, 7) is 1.21. The average Bonchev–Trinajstić information content (AvgIpc) is 3.29. The number of aromatic nitrogens is 1. The first-order chi connectivity index (χ1) is 15.8. The number of rotatable bonds is 5. The molecule has 1 aliphatic rings. The van der Waals surface area contributed by atoms with Gasteiger partial charge in [-0.05, 0) is 42.7 Å². The van der Waals surface area contributed by atoms with Crippen LogP contribution in [0.15, 0.2) is 41.8 Å². The number of carbonyl (C=O) groups is 2. The van der Waals surface area contributed by atoms with Crippen molar-refractivity contribution in [3.05, 3.63) is 73.9 Å². The first-order valence-corrected chi connectivity index (χ1v) is 11.9. The number of aromatic hydroxyl groups is 1. The summed E-state index contributed by atoms with van der Waals surface area (Å²) in [5.41, 5.74) is 1.43. The summed E-state index contributed by atoms with van der Waals surface area (Å²) in [7, 11) is 0. The van der Waals surface area contributed by atoms with E-state index in [9.17, 15) is 19.1 Å². The van der Waals surface area contributed by atoms with E-state index in [1.807, 2.05) is 4.90 Å². The second-order valence-electron chi connectivity index (χ2n) is 7.77. The van der Waals surface area contributed by atoms with Crippen LogP contribution in [0.25, 0.3) is 0 Å². The van der Waals surface area contributed by atoms with Crippen LogP contribution in [-0.4, -0.2) is 39.9 Å². The van der Waals surface area contributed by atoms with Gasteiger partial charge in [-0.15, -0.1) is 11.3 Å². The zero-order chi connectivity index (χ0) is 23.5. The summed E-state index contributed by atoms with van der Waals surface area (Å²) >= 11 is 13.2. The summed E-state index contributed by atoms with van der Waals surface area (Å²) in [6.07, 6.45) is 1.76. The molecule has 0 spiro atoms. The number of piperidine rings is 1. The van der Waals surface area contributed by atoms with Crippen molar-refractivity contribution < 1.29 is 19.1 Å². The van der Waals surface area contributed by atoms with Crippen LogP contribution >= 0.6 is 34.5 Å². The van der Waals surface area contributed by atoms with Gasteiger partial charge >= 0.3 is 0 Å². The number of benzene rings is 2. The Morgan fingerprint density at radius 1 is 1.15 bits per heavy atom. The Labute approximate surface area is 204 Å². The predicted molar refractivity (Wildman–Crippen MR) is 127 cm³/mol. The molecule has 172 valence electrons. The van der Waals surface area contributed by atoms with Gasteiger partial charge in [0.1, 0.15) is 11.5 Å². The summed E-state index contributed by atoms with van der Waals surface area (Å²) in [5, 5.41) is 14.9. The molecule has 2 heterocycles. The molecule has 3 aromatic rings. The van der Waals surface area contributed by atoms with Gasteiger partial charge in [-0.25, -0.2) is 9.37 Å². The molecule has 2 aromatic carbocycles. The lowest BCUT2D eigenvalue weighted by molar-refractivity contribution is -0.131. The van der Waals surface area contributed by atoms with Crippen molar-refractivity contribution in [2.24, 2.45) is 0 Å². The lowest BCUT2D eigenvalue weighted by Crippen LogP contribution is -2.38. The Balaban J connectivity index is 1.32. The number of anilines is 1. The van der Waals surface area contributed by atoms with Crippen LogP contribution < -0.4 is 5.32 Å². The maximum absolute atomic E-state index is 13.0. The van der Waals surface area contributed by atoms with E-state index in [2.05, 4.69) is 10.3 Å². The van der Waals surface area contributed by atoms with Gasteiger partial charge in [0.15, 0.2) is 5.75 Å². The molecular weight excluding hydrogens is 488 g/mol. The molecule has 10 heteroatoms. The number of phenols is 1. The van der Waals surface area contributed by atoms with Crippen molar-refractivity contribution in [1.82, 2.24) is 9.88 Å². The van der Waals surface area contributed by atoms with Gasteiger partial charge in [-0.2, -0.15) is 0 Å². The monoisotopic (exact) mass is 507 g/mol. The van der Waals surface area contributed by atoms with Gasteiger partial charge in [-0.3, -0.25) is 9.59 Å². The van der Waals surface area contributed by atoms with E-state index in [-0.39, 0.29) is 45.6 Å². The highest BCUT2D eigenvalue weighted by atomic mass is 35.5. The number of nitrogens with one attached hydrogen (secondary N) is 1. The second kappa shape index (κ2) is 10.1. The zero-order valence-corrected chi connectivity index (χ0v) is 19.7. The normalized spacial score (nSPS) is 14.3. The Morgan fingerprint density at radius 2 is 1.79 bits per heavy atom. The average molecular weight is 508 g/mol. The van der Waals surface area contributed by atoms with Crippen LogP contribution in [-0.2, 0) is 11.2 Å². The zero-order valence-electron chi connectivity index (χ0n) is 17.4. The Bertz CT molecular complexity index is 1150. The summed E-state index contributed by atoms with van der Waals surface area (Å²) in [5.74, 6) is -0.773. The number of nitrogens with zero attached hydrogens (tertiary/aromatic N) is 2. The topological polar surface area (TPSA) is 82.5 Å². The first-order valence-electron chi connectivity index (χ1n) is 10.3. The van der Waals surface area contributed by atoms with Crippen LogP contribution in [0.5, 0.6) is 5.75 Å². The number of phenolic OH excluding ortho intramolecular Hbond substituents is 1. The molecule has 2 N–H and O–H groups in total. The number of likely N-dealkylation sites (tertiary alicyclic amines) is 1. The molecule has 1 saturated heterocycles. The van der Waals surface area contributed by atoms with Crippen LogP contribution in [0.3, 0.4) is 0 Å². The lowest BCUT2D eigenvalue weighted by atomic mass is 9.97. The van der Waals surface area contributed by atoms with E-state index >= 15 is 0 Å². The summed E-state index contributed by atoms with van der Waals surface area (Å²) < 4.78 is 13.0. The third kappa shape index (κ3) is 5.63. The van der Waals surface area contributed by atoms with Gasteiger partial charge in [0.2, 0.25) is 5.91 Å². The maximum atomic E-state index is 13.0. The minimum atomic E-state index is -0.401. The van der Waals surface area contributed by atoms with Crippen LogP contribution in [0, 0.1) is 5.82 Å². The molecular formula is C23H20Cl2FN3O3S. The van der Waals surface area contributed by atoms with Gasteiger partial charge in [0.25, 0.3) is 5.91 Å². The number of amides is 2. The summed E-state index contributed by atoms with van der Waals surface area (Å²) in [4.78, 5) is 31.4. The molecule has 1 fully saturated rings. The molecule has 0 aliphatic carbocycles. The van der Waals surface area contributed by atoms with Crippen molar-refractivity contribution in [3.8, 4) is 5.75 Å². The Kier molecular flexibility index (Phi) is 7.17. The largest absolute Gasteiger partial charge is 0.505 e. The van der Waals surface area contributed by atoms with Crippen molar-refractivity contribution in [1.29, 1.82) is 0 Å². The SMILES string of the molecule is O=C(Nc1cc(Cl)c(O)c(Cl)c1)c1csc(C2CCN(C(=O)Cc3ccc(F)cc3)CC2)n1. The lowest BCUT2D eigenvalue weighted by Gasteiger charge is -2.31. The molecule has 0 radical (unpaired) electrons. The number of hydrogen-bond donors (Lipinski definition) is 2. The molecule has 6 nitrogen and oxygen atoms in total. The van der Waals surface area contributed by atoms with Gasteiger partial charge in [-0.1, -0.05) is 35.3 Å². The van der Waals surface area contributed by atoms with Crippen molar-refractivity contribution in [2.75, 3.05) is 18.4 Å². The fourth-order valence-electron chi connectivity index (χ4n) is 3.68. The molecule has 0 unspecified atom stereocenters. The van der Waals surface area contributed by atoms with E-state index < -0.39 is 5.91 Å². The number of thiazole rings is 1. The standard InChI is InChI=1S/C23H20Cl2FN3O3S/c24-17-10-16(11-18(25)21(17)31)27-22(32)19-12-33-23(28-19)14-5-7-29(8-6-14)20(30)9-13-1-3-15(26)4-2-13/h1-4,10-12,14,31H,5-9H2,(H,27,32). The third-order valence-electron chi connectivity index (χ3n) is 5.49. The van der Waals surface area contributed by atoms with Gasteiger partial charge in [0.05, 0.1) is 21.5 Å². The van der Waals surface area contributed by atoms with Gasteiger partial charge < -0.3 is 15.3 Å². The highest BCUT2D eigenvalue weighted by molar-refractivity contribution is 7.10.